The topological polar surface area (TPSA) is 73.1 Å². The molecule has 2 aromatic carbocycles. The second kappa shape index (κ2) is 5.85. The molecule has 1 atom stereocenters. The van der Waals surface area contributed by atoms with Gasteiger partial charge in [-0.05, 0) is 24.3 Å². The summed E-state index contributed by atoms with van der Waals surface area (Å²) in [6.45, 7) is 0. The van der Waals surface area contributed by atoms with Crippen LogP contribution in [0.2, 0.25) is 0 Å². The van der Waals surface area contributed by atoms with Crippen LogP contribution in [0.25, 0.3) is 0 Å². The van der Waals surface area contributed by atoms with E-state index in [9.17, 15) is 14.3 Å². The van der Waals surface area contributed by atoms with E-state index in [-0.39, 0.29) is 5.56 Å². The maximum absolute atomic E-state index is 13.7. The maximum Gasteiger partial charge on any atom is 0.330 e. The number of halogens is 1. The summed E-state index contributed by atoms with van der Waals surface area (Å²) in [5.74, 6) is -1.79. The van der Waals surface area contributed by atoms with Gasteiger partial charge in [-0.1, -0.05) is 24.3 Å². The number of hydrogen-bond acceptors (Lipinski definition) is 3. The third-order valence-electron chi connectivity index (χ3n) is 2.77. The molecule has 0 spiro atoms. The zero-order valence-electron chi connectivity index (χ0n) is 10.4. The van der Waals surface area contributed by atoms with Crippen LogP contribution in [-0.2, 0) is 4.79 Å². The van der Waals surface area contributed by atoms with Gasteiger partial charge in [-0.2, -0.15) is 5.26 Å². The molecular weight excluding hydrogens is 259 g/mol. The lowest BCUT2D eigenvalue weighted by molar-refractivity contribution is -0.138. The van der Waals surface area contributed by atoms with E-state index in [1.807, 2.05) is 6.07 Å². The maximum atomic E-state index is 13.7. The van der Waals surface area contributed by atoms with Crippen LogP contribution in [0.4, 0.5) is 10.1 Å². The number of benzene rings is 2. The van der Waals surface area contributed by atoms with Crippen LogP contribution in [0, 0.1) is 17.1 Å². The number of rotatable bonds is 4. The van der Waals surface area contributed by atoms with Crippen molar-refractivity contribution in [1.82, 2.24) is 0 Å². The lowest BCUT2D eigenvalue weighted by Gasteiger charge is -2.16. The summed E-state index contributed by atoms with van der Waals surface area (Å²) in [7, 11) is 0. The van der Waals surface area contributed by atoms with Crippen LogP contribution in [-0.4, -0.2) is 11.1 Å². The highest BCUT2D eigenvalue weighted by atomic mass is 19.1. The zero-order valence-corrected chi connectivity index (χ0v) is 10.4. The van der Waals surface area contributed by atoms with Crippen molar-refractivity contribution in [3.63, 3.8) is 0 Å². The van der Waals surface area contributed by atoms with Crippen molar-refractivity contribution in [3.8, 4) is 6.07 Å². The quantitative estimate of drug-likeness (QED) is 0.895. The minimum Gasteiger partial charge on any atom is -0.479 e. The number of carboxylic acids is 1. The van der Waals surface area contributed by atoms with Crippen LogP contribution in [0.3, 0.4) is 0 Å². The molecule has 0 aromatic heterocycles. The Kier molecular flexibility index (Phi) is 3.96. The number of anilines is 1. The van der Waals surface area contributed by atoms with Crippen molar-refractivity contribution in [2.24, 2.45) is 0 Å². The molecule has 2 rings (SSSR count). The summed E-state index contributed by atoms with van der Waals surface area (Å²) in [6, 6.07) is 12.8. The summed E-state index contributed by atoms with van der Waals surface area (Å²) >= 11 is 0. The Balaban J connectivity index is 2.34. The largest absolute Gasteiger partial charge is 0.479 e. The first-order chi connectivity index (χ1) is 9.61. The Morgan fingerprint density at radius 1 is 1.25 bits per heavy atom. The van der Waals surface area contributed by atoms with Gasteiger partial charge < -0.3 is 10.4 Å². The fourth-order valence-electron chi connectivity index (χ4n) is 1.83. The van der Waals surface area contributed by atoms with Gasteiger partial charge in [0.1, 0.15) is 5.82 Å². The summed E-state index contributed by atoms with van der Waals surface area (Å²) in [6.07, 6.45) is 0. The number of carboxylic acid groups (broad SMARTS) is 1. The van der Waals surface area contributed by atoms with Crippen LogP contribution in [0.15, 0.2) is 48.5 Å². The van der Waals surface area contributed by atoms with E-state index in [4.69, 9.17) is 5.26 Å². The van der Waals surface area contributed by atoms with E-state index in [0.29, 0.717) is 11.3 Å². The molecule has 0 aliphatic heterocycles. The van der Waals surface area contributed by atoms with Gasteiger partial charge in [0.25, 0.3) is 0 Å². The summed E-state index contributed by atoms with van der Waals surface area (Å²) in [4.78, 5) is 11.3. The minimum absolute atomic E-state index is 0.0439. The Bertz CT molecular complexity index is 680. The molecule has 0 aliphatic rings. The molecule has 5 heteroatoms. The average molecular weight is 270 g/mol. The Morgan fingerprint density at radius 3 is 2.65 bits per heavy atom. The molecule has 1 unspecified atom stereocenters. The lowest BCUT2D eigenvalue weighted by Crippen LogP contribution is -2.21. The molecule has 0 bridgehead atoms. The number of hydrogen-bond donors (Lipinski definition) is 2. The van der Waals surface area contributed by atoms with Crippen LogP contribution in [0.1, 0.15) is 17.2 Å². The molecule has 4 nitrogen and oxygen atoms in total. The van der Waals surface area contributed by atoms with Crippen molar-refractivity contribution >= 4 is 11.7 Å². The third-order valence-corrected chi connectivity index (χ3v) is 2.77. The molecule has 0 fully saturated rings. The van der Waals surface area contributed by atoms with Gasteiger partial charge in [0, 0.05) is 11.3 Å². The fourth-order valence-corrected chi connectivity index (χ4v) is 1.83. The molecule has 0 saturated carbocycles. The average Bonchev–Trinajstić information content (AvgIpc) is 2.45. The van der Waals surface area contributed by atoms with Crippen LogP contribution in [0.5, 0.6) is 0 Å². The summed E-state index contributed by atoms with van der Waals surface area (Å²) in [5.41, 5.74) is 0.884. The third kappa shape index (κ3) is 2.93. The van der Waals surface area contributed by atoms with Gasteiger partial charge >= 0.3 is 5.97 Å². The summed E-state index contributed by atoms with van der Waals surface area (Å²) < 4.78 is 13.7. The van der Waals surface area contributed by atoms with Gasteiger partial charge in [-0.15, -0.1) is 0 Å². The van der Waals surface area contributed by atoms with E-state index in [0.717, 1.165) is 0 Å². The molecule has 100 valence electrons. The first kappa shape index (κ1) is 13.6. The normalized spacial score (nSPS) is 11.4. The molecular formula is C15H11FN2O2. The van der Waals surface area contributed by atoms with Crippen LogP contribution >= 0.6 is 0 Å². The van der Waals surface area contributed by atoms with E-state index in [1.54, 1.807) is 24.3 Å². The second-order valence-electron chi connectivity index (χ2n) is 4.13. The molecule has 2 N–H and O–H groups in total. The highest BCUT2D eigenvalue weighted by Gasteiger charge is 2.22. The number of carbonyl (C=O) groups is 1. The fraction of sp³-hybridized carbons (Fsp3) is 0.0667. The first-order valence-electron chi connectivity index (χ1n) is 5.86. The van der Waals surface area contributed by atoms with E-state index in [1.165, 1.54) is 24.3 Å². The number of nitrogens with zero attached hydrogens (tertiary/aromatic N) is 1. The molecule has 2 aromatic rings. The molecule has 20 heavy (non-hydrogen) atoms. The van der Waals surface area contributed by atoms with Gasteiger partial charge in [0.2, 0.25) is 0 Å². The molecule has 0 radical (unpaired) electrons. The predicted molar refractivity (Wildman–Crippen MR) is 71.6 cm³/mol. The van der Waals surface area contributed by atoms with E-state index < -0.39 is 17.8 Å². The Hall–Kier alpha value is -2.87. The minimum atomic E-state index is -1.22. The highest BCUT2D eigenvalue weighted by molar-refractivity contribution is 5.79. The van der Waals surface area contributed by atoms with Crippen molar-refractivity contribution in [2.75, 3.05) is 5.32 Å². The SMILES string of the molecule is N#Cc1cccc(NC(C(=O)O)c2ccccc2F)c1. The van der Waals surface area contributed by atoms with E-state index >= 15 is 0 Å². The van der Waals surface area contributed by atoms with Crippen molar-refractivity contribution in [2.45, 2.75) is 6.04 Å². The van der Waals surface area contributed by atoms with Crippen LogP contribution < -0.4 is 5.32 Å². The summed E-state index contributed by atoms with van der Waals surface area (Å²) in [5, 5.41) is 20.8. The Morgan fingerprint density at radius 2 is 2.00 bits per heavy atom. The van der Waals surface area contributed by atoms with Gasteiger partial charge in [0.05, 0.1) is 11.6 Å². The number of nitriles is 1. The molecule has 0 heterocycles. The molecule has 0 amide bonds. The van der Waals surface area contributed by atoms with Gasteiger partial charge in [-0.25, -0.2) is 9.18 Å². The van der Waals surface area contributed by atoms with Crippen molar-refractivity contribution in [1.29, 1.82) is 5.26 Å². The first-order valence-corrected chi connectivity index (χ1v) is 5.86. The van der Waals surface area contributed by atoms with Crippen molar-refractivity contribution < 1.29 is 14.3 Å². The Labute approximate surface area is 115 Å². The monoisotopic (exact) mass is 270 g/mol. The predicted octanol–water partition coefficient (Wildman–Crippen LogP) is 2.94. The van der Waals surface area contributed by atoms with Gasteiger partial charge in [-0.3, -0.25) is 0 Å². The number of nitrogens with one attached hydrogen (secondary N) is 1. The zero-order chi connectivity index (χ0) is 14.5. The highest BCUT2D eigenvalue weighted by Crippen LogP contribution is 2.22. The van der Waals surface area contributed by atoms with Gasteiger partial charge in [0.15, 0.2) is 6.04 Å². The number of aliphatic carboxylic acids is 1. The van der Waals surface area contributed by atoms with Crippen molar-refractivity contribution in [3.05, 3.63) is 65.5 Å². The lowest BCUT2D eigenvalue weighted by atomic mass is 10.1. The van der Waals surface area contributed by atoms with E-state index in [2.05, 4.69) is 5.32 Å². The molecule has 0 saturated heterocycles. The molecule has 0 aliphatic carbocycles. The standard InChI is InChI=1S/C15H11FN2O2/c16-13-7-2-1-6-12(13)14(15(19)20)18-11-5-3-4-10(8-11)9-17/h1-8,14,18H,(H,19,20). The smallest absolute Gasteiger partial charge is 0.330 e. The second-order valence-corrected chi connectivity index (χ2v) is 4.13.